The van der Waals surface area contributed by atoms with Crippen molar-refractivity contribution in [2.24, 2.45) is 0 Å². The van der Waals surface area contributed by atoms with Crippen LogP contribution in [0.4, 0.5) is 10.1 Å². The highest BCUT2D eigenvalue weighted by atomic mass is 32.2. The molecule has 0 aliphatic heterocycles. The number of anilines is 1. The summed E-state index contributed by atoms with van der Waals surface area (Å²) in [4.78, 5) is 0. The Morgan fingerprint density at radius 2 is 1.87 bits per heavy atom. The highest BCUT2D eigenvalue weighted by Gasteiger charge is 2.23. The first-order valence-electron chi connectivity index (χ1n) is 4.90. The van der Waals surface area contributed by atoms with Gasteiger partial charge in [0.05, 0.1) is 4.75 Å². The molecule has 1 N–H and O–H groups in total. The third kappa shape index (κ3) is 3.30. The van der Waals surface area contributed by atoms with Crippen molar-refractivity contribution in [2.75, 3.05) is 4.72 Å². The zero-order valence-corrected chi connectivity index (χ0v) is 10.0. The highest BCUT2D eigenvalue weighted by Crippen LogP contribution is 2.19. The molecular formula is C11H16FNOS. The van der Waals surface area contributed by atoms with E-state index in [1.165, 1.54) is 12.1 Å². The Bertz CT molecular complexity index is 348. The van der Waals surface area contributed by atoms with E-state index in [9.17, 15) is 8.60 Å². The average molecular weight is 229 g/mol. The van der Waals surface area contributed by atoms with Gasteiger partial charge in [-0.05, 0) is 44.5 Å². The number of hydrogen-bond acceptors (Lipinski definition) is 1. The van der Waals surface area contributed by atoms with Gasteiger partial charge in [0.1, 0.15) is 16.8 Å². The van der Waals surface area contributed by atoms with Crippen LogP contribution in [0.15, 0.2) is 24.3 Å². The van der Waals surface area contributed by atoms with E-state index in [0.717, 1.165) is 6.42 Å². The molecular weight excluding hydrogens is 213 g/mol. The fraction of sp³-hybridized carbons (Fsp3) is 0.455. The molecule has 0 spiro atoms. The van der Waals surface area contributed by atoms with Gasteiger partial charge in [0.2, 0.25) is 0 Å². The molecule has 15 heavy (non-hydrogen) atoms. The minimum atomic E-state index is -1.16. The molecule has 0 amide bonds. The number of rotatable bonds is 4. The van der Waals surface area contributed by atoms with Crippen LogP contribution in [-0.2, 0) is 11.0 Å². The molecule has 1 aromatic carbocycles. The van der Waals surface area contributed by atoms with Crippen molar-refractivity contribution >= 4 is 16.7 Å². The lowest BCUT2D eigenvalue weighted by Crippen LogP contribution is -2.30. The Kier molecular flexibility index (Phi) is 3.85. The third-order valence-corrected chi connectivity index (χ3v) is 4.12. The topological polar surface area (TPSA) is 29.1 Å². The van der Waals surface area contributed by atoms with E-state index in [-0.39, 0.29) is 10.6 Å². The molecule has 1 unspecified atom stereocenters. The molecule has 0 saturated carbocycles. The van der Waals surface area contributed by atoms with E-state index >= 15 is 0 Å². The van der Waals surface area contributed by atoms with Gasteiger partial charge in [-0.25, -0.2) is 8.60 Å². The summed E-state index contributed by atoms with van der Waals surface area (Å²) in [5, 5.41) is 0. The molecule has 1 aromatic rings. The van der Waals surface area contributed by atoms with Gasteiger partial charge in [-0.15, -0.1) is 0 Å². The molecule has 0 aliphatic carbocycles. The van der Waals surface area contributed by atoms with E-state index in [1.807, 2.05) is 20.8 Å². The largest absolute Gasteiger partial charge is 0.305 e. The monoisotopic (exact) mass is 229 g/mol. The summed E-state index contributed by atoms with van der Waals surface area (Å²) in [6.45, 7) is 5.85. The van der Waals surface area contributed by atoms with Gasteiger partial charge < -0.3 is 4.72 Å². The predicted molar refractivity (Wildman–Crippen MR) is 62.5 cm³/mol. The van der Waals surface area contributed by atoms with Crippen LogP contribution in [0, 0.1) is 5.82 Å². The van der Waals surface area contributed by atoms with E-state index < -0.39 is 11.0 Å². The molecule has 0 radical (unpaired) electrons. The Hall–Kier alpha value is -0.900. The number of hydrogen-bond donors (Lipinski definition) is 1. The minimum absolute atomic E-state index is 0.283. The van der Waals surface area contributed by atoms with Crippen LogP contribution in [0.5, 0.6) is 0 Å². The van der Waals surface area contributed by atoms with Crippen molar-refractivity contribution < 1.29 is 8.60 Å². The van der Waals surface area contributed by atoms with Crippen LogP contribution in [0.1, 0.15) is 27.2 Å². The van der Waals surface area contributed by atoms with Gasteiger partial charge in [0.15, 0.2) is 0 Å². The summed E-state index contributed by atoms with van der Waals surface area (Å²) >= 11 is 0. The van der Waals surface area contributed by atoms with Gasteiger partial charge >= 0.3 is 0 Å². The summed E-state index contributed by atoms with van der Waals surface area (Å²) in [7, 11) is -1.16. The summed E-state index contributed by atoms with van der Waals surface area (Å²) in [6.07, 6.45) is 0.813. The molecule has 2 nitrogen and oxygen atoms in total. The lowest BCUT2D eigenvalue weighted by atomic mass is 10.1. The third-order valence-electron chi connectivity index (χ3n) is 2.41. The molecule has 0 saturated heterocycles. The molecule has 1 atom stereocenters. The molecule has 84 valence electrons. The summed E-state index contributed by atoms with van der Waals surface area (Å²) < 4.78 is 27.1. The van der Waals surface area contributed by atoms with Crippen molar-refractivity contribution in [1.29, 1.82) is 0 Å². The molecule has 1 rings (SSSR count). The van der Waals surface area contributed by atoms with Crippen LogP contribution >= 0.6 is 0 Å². The van der Waals surface area contributed by atoms with Crippen LogP contribution in [0.3, 0.4) is 0 Å². The van der Waals surface area contributed by atoms with Gasteiger partial charge in [0.25, 0.3) is 0 Å². The zero-order valence-electron chi connectivity index (χ0n) is 9.21. The van der Waals surface area contributed by atoms with Crippen LogP contribution in [-0.4, -0.2) is 8.96 Å². The Morgan fingerprint density at radius 3 is 2.33 bits per heavy atom. The normalized spacial score (nSPS) is 13.6. The quantitative estimate of drug-likeness (QED) is 0.844. The number of nitrogens with one attached hydrogen (secondary N) is 1. The van der Waals surface area contributed by atoms with Gasteiger partial charge in [0, 0.05) is 5.69 Å². The molecule has 0 aliphatic rings. The second-order valence-electron chi connectivity index (χ2n) is 3.99. The van der Waals surface area contributed by atoms with Gasteiger partial charge in [-0.2, -0.15) is 0 Å². The molecule has 0 aromatic heterocycles. The SMILES string of the molecule is CCC(C)(C)S(=O)Nc1ccc(F)cc1. The second-order valence-corrected chi connectivity index (χ2v) is 5.84. The van der Waals surface area contributed by atoms with Crippen molar-refractivity contribution in [3.8, 4) is 0 Å². The summed E-state index contributed by atoms with van der Waals surface area (Å²) in [6, 6.07) is 5.86. The van der Waals surface area contributed by atoms with E-state index in [1.54, 1.807) is 12.1 Å². The summed E-state index contributed by atoms with van der Waals surface area (Å²) in [5.74, 6) is -0.291. The fourth-order valence-corrected chi connectivity index (χ4v) is 1.78. The zero-order chi connectivity index (χ0) is 11.5. The van der Waals surface area contributed by atoms with Crippen molar-refractivity contribution in [1.82, 2.24) is 0 Å². The Labute approximate surface area is 92.5 Å². The van der Waals surface area contributed by atoms with E-state index in [2.05, 4.69) is 4.72 Å². The first kappa shape index (κ1) is 12.2. The van der Waals surface area contributed by atoms with E-state index in [4.69, 9.17) is 0 Å². The molecule has 0 bridgehead atoms. The summed E-state index contributed by atoms with van der Waals surface area (Å²) in [5.41, 5.74) is 0.677. The maximum Gasteiger partial charge on any atom is 0.123 e. The van der Waals surface area contributed by atoms with Crippen molar-refractivity contribution in [3.05, 3.63) is 30.1 Å². The predicted octanol–water partition coefficient (Wildman–Crippen LogP) is 3.09. The first-order valence-corrected chi connectivity index (χ1v) is 6.05. The van der Waals surface area contributed by atoms with Crippen molar-refractivity contribution in [3.63, 3.8) is 0 Å². The fourth-order valence-electron chi connectivity index (χ4n) is 0.894. The maximum atomic E-state index is 12.6. The van der Waals surface area contributed by atoms with Gasteiger partial charge in [-0.1, -0.05) is 6.92 Å². The standard InChI is InChI=1S/C11H16FNOS/c1-4-11(2,3)15(14)13-10-7-5-9(12)6-8-10/h5-8,13H,4H2,1-3H3. The smallest absolute Gasteiger partial charge is 0.123 e. The van der Waals surface area contributed by atoms with Gasteiger partial charge in [-0.3, -0.25) is 0 Å². The van der Waals surface area contributed by atoms with E-state index in [0.29, 0.717) is 5.69 Å². The lowest BCUT2D eigenvalue weighted by Gasteiger charge is -2.22. The minimum Gasteiger partial charge on any atom is -0.305 e. The Morgan fingerprint density at radius 1 is 1.33 bits per heavy atom. The average Bonchev–Trinajstić information content (AvgIpc) is 2.21. The molecule has 0 heterocycles. The number of halogens is 1. The maximum absolute atomic E-state index is 12.6. The number of benzene rings is 1. The van der Waals surface area contributed by atoms with Crippen LogP contribution in [0.2, 0.25) is 0 Å². The van der Waals surface area contributed by atoms with Crippen LogP contribution in [0.25, 0.3) is 0 Å². The lowest BCUT2D eigenvalue weighted by molar-refractivity contribution is 0.617. The first-order chi connectivity index (χ1) is 6.95. The molecule has 4 heteroatoms. The second kappa shape index (κ2) is 4.75. The Balaban J connectivity index is 2.71. The highest BCUT2D eigenvalue weighted by molar-refractivity contribution is 7.87. The van der Waals surface area contributed by atoms with Crippen LogP contribution < -0.4 is 4.72 Å². The van der Waals surface area contributed by atoms with Crippen molar-refractivity contribution in [2.45, 2.75) is 31.9 Å². The molecule has 0 fully saturated rings.